The van der Waals surface area contributed by atoms with Crippen molar-refractivity contribution in [3.05, 3.63) is 0 Å². The van der Waals surface area contributed by atoms with Gasteiger partial charge in [-0.1, -0.05) is 111 Å². The van der Waals surface area contributed by atoms with Crippen LogP contribution < -0.4 is 17.2 Å². The number of halogens is 1. The Morgan fingerprint density at radius 1 is 0.446 bits per heavy atom. The van der Waals surface area contributed by atoms with Crippen LogP contribution in [0.3, 0.4) is 0 Å². The van der Waals surface area contributed by atoms with Gasteiger partial charge >= 0.3 is 0 Å². The average Bonchev–Trinajstić information content (AvgIpc) is 3.23. The van der Waals surface area contributed by atoms with Gasteiger partial charge in [0.25, 0.3) is 0 Å². The number of hydrogen-bond acceptors (Lipinski definition) is 13. The Morgan fingerprint density at radius 2 is 0.679 bits per heavy atom. The molecule has 3 aliphatic rings. The van der Waals surface area contributed by atoms with Crippen molar-refractivity contribution in [3.8, 4) is 0 Å². The summed E-state index contributed by atoms with van der Waals surface area (Å²) in [6, 6.07) is -0.632. The fraction of sp³-hybridized carbons (Fsp3) is 1.00. The molecule has 3 saturated carbocycles. The quantitative estimate of drug-likeness (QED) is 0.162. The van der Waals surface area contributed by atoms with Crippen LogP contribution in [0.5, 0.6) is 0 Å². The summed E-state index contributed by atoms with van der Waals surface area (Å²) in [4.78, 5) is 0. The minimum atomic E-state index is -0.891. The molecule has 0 aromatic carbocycles. The van der Waals surface area contributed by atoms with Crippen molar-refractivity contribution in [3.63, 3.8) is 0 Å². The second-order valence-electron chi connectivity index (χ2n) is 13.7. The number of aliphatic hydroxyl groups is 4. The molecule has 348 valence electrons. The largest absolute Gasteiger partial charge is 0.396 e. The fourth-order valence-electron chi connectivity index (χ4n) is 6.91. The lowest BCUT2D eigenvalue weighted by atomic mass is 9.69. The first kappa shape index (κ1) is 67.2. The summed E-state index contributed by atoms with van der Waals surface area (Å²) in [5, 5.41) is 39.4. The zero-order valence-electron chi connectivity index (χ0n) is 40.3. The third-order valence-electron chi connectivity index (χ3n) is 9.86. The Kier molecular flexibility index (Phi) is 44.9. The van der Waals surface area contributed by atoms with E-state index >= 15 is 0 Å². The summed E-state index contributed by atoms with van der Waals surface area (Å²) < 4.78 is 44.2. The smallest absolute Gasteiger partial charge is 0.111 e. The highest BCUT2D eigenvalue weighted by molar-refractivity contribution is 5.03. The first-order valence-corrected chi connectivity index (χ1v) is 21.1. The van der Waals surface area contributed by atoms with E-state index in [1.807, 2.05) is 96.9 Å². The highest BCUT2D eigenvalue weighted by Crippen LogP contribution is 2.40. The number of nitrogens with two attached hydrogens (primary N) is 3. The monoisotopic (exact) mass is 824 g/mol. The van der Waals surface area contributed by atoms with Crippen molar-refractivity contribution in [1.82, 2.24) is 0 Å². The summed E-state index contributed by atoms with van der Waals surface area (Å²) >= 11 is 0. The van der Waals surface area contributed by atoms with Gasteiger partial charge in [0.15, 0.2) is 0 Å². The summed E-state index contributed by atoms with van der Waals surface area (Å²) in [6.07, 6.45) is -2.86. The molecule has 10 N–H and O–H groups in total. The lowest BCUT2D eigenvalue weighted by Crippen LogP contribution is -2.62. The van der Waals surface area contributed by atoms with Gasteiger partial charge in [-0.2, -0.15) is 0 Å². The lowest BCUT2D eigenvalue weighted by molar-refractivity contribution is -0.179. The van der Waals surface area contributed by atoms with E-state index in [-0.39, 0.29) is 54.6 Å². The van der Waals surface area contributed by atoms with Gasteiger partial charge in [-0.05, 0) is 24.7 Å². The van der Waals surface area contributed by atoms with Crippen molar-refractivity contribution < 1.29 is 53.2 Å². The van der Waals surface area contributed by atoms with Crippen LogP contribution in [0.4, 0.5) is 4.39 Å². The molecule has 0 aromatic rings. The molecule has 3 aliphatic carbocycles. The zero-order chi connectivity index (χ0) is 46.2. The Balaban J connectivity index is -0.000000147. The highest BCUT2D eigenvalue weighted by Gasteiger charge is 2.51. The van der Waals surface area contributed by atoms with E-state index in [1.165, 1.54) is 21.3 Å². The van der Waals surface area contributed by atoms with Gasteiger partial charge in [0.1, 0.15) is 36.6 Å². The van der Waals surface area contributed by atoms with Crippen LogP contribution in [0, 0.1) is 16.2 Å². The van der Waals surface area contributed by atoms with Crippen LogP contribution in [0.15, 0.2) is 0 Å². The van der Waals surface area contributed by atoms with E-state index in [9.17, 15) is 24.8 Å². The van der Waals surface area contributed by atoms with E-state index in [1.54, 1.807) is 35.2 Å². The van der Waals surface area contributed by atoms with Crippen LogP contribution in [-0.4, -0.2) is 149 Å². The third-order valence-corrected chi connectivity index (χ3v) is 9.86. The standard InChI is InChI=1S/C10H20FNO3.C10H21NO4.C10H21NO3.6C2H6/c1-10(5-11)4-6(12)7(14-2)8(15-3)9(10)13;1-10(5-12)4-6(11)7(14-2)8(15-3)9(10)13;1-10(2)5-6(11)7(13-3)8(14-4)9(10)12;6*1-2/h6-9,13H,4-5,12H2,1-3H3;6-9,12-13H,4-5,11H2,1-3H3;6-9,12H,5,11H2,1-4H3;6*1-2H3/t2*6-,7+,8-,9+,10+;6-,7+,8-,9+;;;;;;/m000....../s1. The molecular weight excluding hydrogens is 725 g/mol. The second kappa shape index (κ2) is 37.4. The van der Waals surface area contributed by atoms with Crippen LogP contribution in [-0.2, 0) is 28.4 Å². The molecule has 0 spiro atoms. The molecule has 3 fully saturated rings. The van der Waals surface area contributed by atoms with Gasteiger partial charge < -0.3 is 66.0 Å². The van der Waals surface area contributed by atoms with Crippen molar-refractivity contribution in [2.75, 3.05) is 55.9 Å². The molecular formula is C42H98FN3O10. The van der Waals surface area contributed by atoms with Crippen LogP contribution in [0.25, 0.3) is 0 Å². The summed E-state index contributed by atoms with van der Waals surface area (Å²) in [7, 11) is 9.22. The molecule has 56 heavy (non-hydrogen) atoms. The Labute approximate surface area is 345 Å². The van der Waals surface area contributed by atoms with Gasteiger partial charge in [0.2, 0.25) is 0 Å². The van der Waals surface area contributed by atoms with E-state index in [0.29, 0.717) is 12.8 Å². The van der Waals surface area contributed by atoms with E-state index in [0.717, 1.165) is 6.42 Å². The van der Waals surface area contributed by atoms with Gasteiger partial charge in [-0.15, -0.1) is 0 Å². The zero-order valence-corrected chi connectivity index (χ0v) is 40.3. The van der Waals surface area contributed by atoms with Crippen LogP contribution >= 0.6 is 0 Å². The maximum atomic E-state index is 12.9. The molecule has 0 saturated heterocycles. The first-order chi connectivity index (χ1) is 26.4. The number of ether oxygens (including phenoxy) is 6. The maximum Gasteiger partial charge on any atom is 0.111 e. The summed E-state index contributed by atoms with van der Waals surface area (Å²) in [5.74, 6) is 0. The molecule has 3 rings (SSSR count). The first-order valence-electron chi connectivity index (χ1n) is 21.1. The Hall–Kier alpha value is -0.590. The predicted molar refractivity (Wildman–Crippen MR) is 232 cm³/mol. The average molecular weight is 824 g/mol. The van der Waals surface area contributed by atoms with Crippen molar-refractivity contribution in [1.29, 1.82) is 0 Å². The van der Waals surface area contributed by atoms with Crippen molar-refractivity contribution in [2.45, 2.75) is 203 Å². The third kappa shape index (κ3) is 19.6. The topological polar surface area (TPSA) is 214 Å². The van der Waals surface area contributed by atoms with Gasteiger partial charge in [-0.3, -0.25) is 4.39 Å². The Bertz CT molecular complexity index is 794. The van der Waals surface area contributed by atoms with Gasteiger partial charge in [0, 0.05) is 71.6 Å². The SMILES string of the molecule is CC.CC.CC.CC.CC.CC.CO[C@H]1[C@H](OC)[C@@H](N)CC(C)(C)[C@@H]1O.CO[C@H]1[C@H](OC)[C@@H](N)C[C@](C)(CF)[C@@H]1O.CO[C@H]1[C@H](OC)[C@@H](N)C[C@](C)(CO)[C@@H]1O. The fourth-order valence-corrected chi connectivity index (χ4v) is 6.91. The number of rotatable bonds is 8. The van der Waals surface area contributed by atoms with Gasteiger partial charge in [0.05, 0.1) is 31.6 Å². The number of hydrogen-bond donors (Lipinski definition) is 7. The maximum absolute atomic E-state index is 12.9. The molecule has 0 unspecified atom stereocenters. The minimum Gasteiger partial charge on any atom is -0.396 e. The molecule has 0 amide bonds. The molecule has 14 heteroatoms. The predicted octanol–water partition coefficient (Wildman–Crippen LogP) is 5.48. The summed E-state index contributed by atoms with van der Waals surface area (Å²) in [5.41, 5.74) is 16.1. The molecule has 0 radical (unpaired) electrons. The summed E-state index contributed by atoms with van der Waals surface area (Å²) in [6.45, 7) is 30.7. The number of alkyl halides is 1. The number of aliphatic hydroxyl groups excluding tert-OH is 4. The normalized spacial score (nSPS) is 36.3. The highest BCUT2D eigenvalue weighted by atomic mass is 19.1. The Morgan fingerprint density at radius 3 is 0.929 bits per heavy atom. The minimum absolute atomic E-state index is 0.0802. The van der Waals surface area contributed by atoms with E-state index < -0.39 is 48.0 Å². The number of methoxy groups -OCH3 is 6. The molecule has 14 atom stereocenters. The lowest BCUT2D eigenvalue weighted by Gasteiger charge is -2.47. The molecule has 13 nitrogen and oxygen atoms in total. The van der Waals surface area contributed by atoms with E-state index in [2.05, 4.69) is 0 Å². The van der Waals surface area contributed by atoms with Crippen molar-refractivity contribution in [2.24, 2.45) is 33.4 Å². The molecule has 0 heterocycles. The second-order valence-corrected chi connectivity index (χ2v) is 13.7. The van der Waals surface area contributed by atoms with E-state index in [4.69, 9.17) is 45.6 Å². The molecule has 0 aromatic heterocycles. The van der Waals surface area contributed by atoms with Crippen molar-refractivity contribution >= 4 is 0 Å². The van der Waals surface area contributed by atoms with Crippen LogP contribution in [0.1, 0.15) is 130 Å². The van der Waals surface area contributed by atoms with Crippen LogP contribution in [0.2, 0.25) is 0 Å². The van der Waals surface area contributed by atoms with Gasteiger partial charge in [-0.25, -0.2) is 0 Å². The molecule has 0 aliphatic heterocycles. The molecule has 0 bridgehead atoms.